The van der Waals surface area contributed by atoms with Crippen LogP contribution in [0.15, 0.2) is 42.7 Å². The molecule has 1 aromatic carbocycles. The highest BCUT2D eigenvalue weighted by Crippen LogP contribution is 2.26. The molecule has 0 saturated heterocycles. The molecule has 10 heteroatoms. The van der Waals surface area contributed by atoms with Gasteiger partial charge in [0.1, 0.15) is 24.4 Å². The predicted molar refractivity (Wildman–Crippen MR) is 133 cm³/mol. The number of amides is 2. The number of aryl methyl sites for hydroxylation is 1. The zero-order chi connectivity index (χ0) is 25.5. The van der Waals surface area contributed by atoms with E-state index >= 15 is 0 Å². The first-order valence-electron chi connectivity index (χ1n) is 12.1. The number of rotatable bonds is 9. The van der Waals surface area contributed by atoms with Crippen LogP contribution >= 0.6 is 0 Å². The Balaban J connectivity index is 1.36. The van der Waals surface area contributed by atoms with Crippen molar-refractivity contribution < 1.29 is 19.4 Å². The average Bonchev–Trinajstić information content (AvgIpc) is 3.36. The van der Waals surface area contributed by atoms with E-state index in [-0.39, 0.29) is 17.9 Å². The maximum absolute atomic E-state index is 12.8. The fraction of sp³-hybridized carbons (Fsp3) is 0.423. The molecule has 190 valence electrons. The third kappa shape index (κ3) is 6.66. The van der Waals surface area contributed by atoms with Crippen LogP contribution in [0, 0.1) is 12.8 Å². The number of nitrogens with one attached hydrogen (secondary N) is 2. The molecule has 3 N–H and O–H groups in total. The van der Waals surface area contributed by atoms with Crippen LogP contribution in [0.2, 0.25) is 0 Å². The van der Waals surface area contributed by atoms with Crippen LogP contribution in [-0.4, -0.2) is 56.4 Å². The standard InChI is InChI=1S/C26H32N6O4/c1-17-10-20(12-23(29-17)26(35)27-13-19-4-3-5-22(11-19)36-2)25-28-16-32(31-25)14-18-6-8-21(9-7-18)30-24(34)15-33/h3-5,10-12,16,18,21,33H,6-9,13-15H2,1-2H3,(H,27,35)(H,30,34)/t18-,21-. The summed E-state index contributed by atoms with van der Waals surface area (Å²) in [4.78, 5) is 33.0. The molecule has 1 fully saturated rings. The molecule has 0 unspecified atom stereocenters. The highest BCUT2D eigenvalue weighted by atomic mass is 16.5. The van der Waals surface area contributed by atoms with E-state index in [9.17, 15) is 9.59 Å². The smallest absolute Gasteiger partial charge is 0.270 e. The Morgan fingerprint density at radius 3 is 2.72 bits per heavy atom. The molecule has 2 amide bonds. The van der Waals surface area contributed by atoms with Crippen LogP contribution in [-0.2, 0) is 17.9 Å². The van der Waals surface area contributed by atoms with Crippen molar-refractivity contribution in [1.29, 1.82) is 0 Å². The fourth-order valence-corrected chi connectivity index (χ4v) is 4.51. The largest absolute Gasteiger partial charge is 0.497 e. The minimum atomic E-state index is -0.470. The van der Waals surface area contributed by atoms with Gasteiger partial charge in [0.15, 0.2) is 5.82 Å². The minimum Gasteiger partial charge on any atom is -0.497 e. The van der Waals surface area contributed by atoms with E-state index in [0.717, 1.165) is 49.1 Å². The van der Waals surface area contributed by atoms with E-state index in [1.165, 1.54) is 0 Å². The maximum Gasteiger partial charge on any atom is 0.270 e. The van der Waals surface area contributed by atoms with Gasteiger partial charge in [-0.25, -0.2) is 9.97 Å². The van der Waals surface area contributed by atoms with E-state index in [4.69, 9.17) is 9.84 Å². The van der Waals surface area contributed by atoms with Crippen LogP contribution in [0.4, 0.5) is 0 Å². The summed E-state index contributed by atoms with van der Waals surface area (Å²) < 4.78 is 7.07. The van der Waals surface area contributed by atoms with E-state index < -0.39 is 6.61 Å². The molecule has 10 nitrogen and oxygen atoms in total. The summed E-state index contributed by atoms with van der Waals surface area (Å²) in [5.41, 5.74) is 2.69. The van der Waals surface area contributed by atoms with Crippen molar-refractivity contribution >= 4 is 11.8 Å². The van der Waals surface area contributed by atoms with Crippen molar-refractivity contribution in [3.05, 3.63) is 59.7 Å². The Labute approximate surface area is 210 Å². The Hall–Kier alpha value is -3.79. The zero-order valence-electron chi connectivity index (χ0n) is 20.6. The predicted octanol–water partition coefficient (Wildman–Crippen LogP) is 2.25. The second-order valence-corrected chi connectivity index (χ2v) is 9.15. The summed E-state index contributed by atoms with van der Waals surface area (Å²) in [5, 5.41) is 19.3. The zero-order valence-corrected chi connectivity index (χ0v) is 20.6. The van der Waals surface area contributed by atoms with Crippen LogP contribution in [0.3, 0.4) is 0 Å². The number of hydrogen-bond acceptors (Lipinski definition) is 7. The summed E-state index contributed by atoms with van der Waals surface area (Å²) >= 11 is 0. The first-order valence-corrected chi connectivity index (χ1v) is 12.1. The van der Waals surface area contributed by atoms with Crippen molar-refractivity contribution in [3.8, 4) is 17.1 Å². The summed E-state index contributed by atoms with van der Waals surface area (Å²) in [6.07, 6.45) is 5.42. The third-order valence-electron chi connectivity index (χ3n) is 6.37. The highest BCUT2D eigenvalue weighted by Gasteiger charge is 2.23. The van der Waals surface area contributed by atoms with E-state index in [0.29, 0.717) is 29.7 Å². The first-order chi connectivity index (χ1) is 17.4. The number of carbonyl (C=O) groups is 2. The molecular formula is C26H32N6O4. The van der Waals surface area contributed by atoms with E-state index in [2.05, 4.69) is 25.7 Å². The lowest BCUT2D eigenvalue weighted by Crippen LogP contribution is -2.39. The molecule has 0 radical (unpaired) electrons. The van der Waals surface area contributed by atoms with Gasteiger partial charge in [-0.3, -0.25) is 14.3 Å². The number of nitrogens with zero attached hydrogens (tertiary/aromatic N) is 4. The van der Waals surface area contributed by atoms with Gasteiger partial charge in [0.2, 0.25) is 5.91 Å². The van der Waals surface area contributed by atoms with Crippen molar-refractivity contribution in [2.75, 3.05) is 13.7 Å². The molecule has 4 rings (SSSR count). The summed E-state index contributed by atoms with van der Waals surface area (Å²) in [6.45, 7) is 2.47. The number of benzene rings is 1. The third-order valence-corrected chi connectivity index (χ3v) is 6.37. The lowest BCUT2D eigenvalue weighted by Gasteiger charge is -2.28. The van der Waals surface area contributed by atoms with Gasteiger partial charge in [0, 0.05) is 30.4 Å². The second-order valence-electron chi connectivity index (χ2n) is 9.15. The molecule has 1 aliphatic rings. The molecule has 36 heavy (non-hydrogen) atoms. The number of aliphatic hydroxyl groups is 1. The Kier molecular flexibility index (Phi) is 8.27. The van der Waals surface area contributed by atoms with Crippen molar-refractivity contribution in [1.82, 2.24) is 30.4 Å². The van der Waals surface area contributed by atoms with E-state index in [1.54, 1.807) is 19.5 Å². The van der Waals surface area contributed by atoms with Crippen molar-refractivity contribution in [3.63, 3.8) is 0 Å². The van der Waals surface area contributed by atoms with E-state index in [1.807, 2.05) is 41.9 Å². The van der Waals surface area contributed by atoms with Gasteiger partial charge in [-0.2, -0.15) is 5.10 Å². The molecule has 3 aromatic rings. The number of pyridine rings is 1. The number of ether oxygens (including phenoxy) is 1. The minimum absolute atomic E-state index is 0.125. The number of aliphatic hydroxyl groups excluding tert-OH is 1. The van der Waals surface area contributed by atoms with Crippen LogP contribution in [0.1, 0.15) is 47.4 Å². The fourth-order valence-electron chi connectivity index (χ4n) is 4.51. The van der Waals surface area contributed by atoms with Gasteiger partial charge in [0.05, 0.1) is 7.11 Å². The molecule has 1 saturated carbocycles. The molecule has 2 heterocycles. The van der Waals surface area contributed by atoms with Crippen molar-refractivity contribution in [2.45, 2.75) is 51.7 Å². The topological polar surface area (TPSA) is 131 Å². The van der Waals surface area contributed by atoms with Gasteiger partial charge in [0.25, 0.3) is 5.91 Å². The number of methoxy groups -OCH3 is 1. The second kappa shape index (κ2) is 11.8. The molecule has 0 spiro atoms. The maximum atomic E-state index is 12.8. The lowest BCUT2D eigenvalue weighted by atomic mass is 9.86. The Morgan fingerprint density at radius 2 is 1.97 bits per heavy atom. The molecular weight excluding hydrogens is 460 g/mol. The molecule has 1 aliphatic carbocycles. The highest BCUT2D eigenvalue weighted by molar-refractivity contribution is 5.93. The quantitative estimate of drug-likeness (QED) is 0.417. The van der Waals surface area contributed by atoms with Crippen LogP contribution < -0.4 is 15.4 Å². The number of hydrogen-bond donors (Lipinski definition) is 3. The number of aromatic nitrogens is 4. The lowest BCUT2D eigenvalue weighted by molar-refractivity contribution is -0.124. The van der Waals surface area contributed by atoms with Crippen molar-refractivity contribution in [2.24, 2.45) is 5.92 Å². The summed E-state index contributed by atoms with van der Waals surface area (Å²) in [7, 11) is 1.61. The number of carbonyl (C=O) groups excluding carboxylic acids is 2. The van der Waals surface area contributed by atoms with Gasteiger partial charge in [-0.15, -0.1) is 0 Å². The molecule has 0 bridgehead atoms. The Morgan fingerprint density at radius 1 is 1.17 bits per heavy atom. The molecule has 0 aliphatic heterocycles. The van der Waals surface area contributed by atoms with Gasteiger partial charge in [-0.1, -0.05) is 12.1 Å². The molecule has 2 aromatic heterocycles. The van der Waals surface area contributed by atoms with Gasteiger partial charge < -0.3 is 20.5 Å². The SMILES string of the molecule is COc1cccc(CNC(=O)c2cc(-c3ncn(C[C@H]4CC[C@H](NC(=O)CO)CC4)n3)cc(C)n2)c1. The van der Waals surface area contributed by atoms with Crippen LogP contribution in [0.5, 0.6) is 5.75 Å². The Bertz CT molecular complexity index is 1200. The molecule has 0 atom stereocenters. The summed E-state index contributed by atoms with van der Waals surface area (Å²) in [6, 6.07) is 11.2. The monoisotopic (exact) mass is 492 g/mol. The van der Waals surface area contributed by atoms with Gasteiger partial charge >= 0.3 is 0 Å². The van der Waals surface area contributed by atoms with Gasteiger partial charge in [-0.05, 0) is 68.4 Å². The summed E-state index contributed by atoms with van der Waals surface area (Å²) in [5.74, 6) is 1.14. The first kappa shape index (κ1) is 25.3. The average molecular weight is 493 g/mol. The normalized spacial score (nSPS) is 17.4. The van der Waals surface area contributed by atoms with Crippen LogP contribution in [0.25, 0.3) is 11.4 Å².